The quantitative estimate of drug-likeness (QED) is 0.164. The van der Waals surface area contributed by atoms with E-state index in [1.807, 2.05) is 0 Å². The van der Waals surface area contributed by atoms with E-state index in [4.69, 9.17) is 5.73 Å². The number of imidazole rings is 2. The van der Waals surface area contributed by atoms with Crippen molar-refractivity contribution in [3.05, 3.63) is 36.4 Å². The van der Waals surface area contributed by atoms with Gasteiger partial charge in [-0.25, -0.2) is 14.8 Å². The smallest absolute Gasteiger partial charge is 0.326 e. The number of nitrogens with one attached hydrogen (secondary N) is 4. The van der Waals surface area contributed by atoms with Gasteiger partial charge < -0.3 is 41.4 Å². The van der Waals surface area contributed by atoms with Crippen LogP contribution < -0.4 is 16.4 Å². The van der Waals surface area contributed by atoms with Crippen molar-refractivity contribution in [2.45, 2.75) is 56.3 Å². The number of aromatic nitrogens is 4. The maximum Gasteiger partial charge on any atom is 0.326 e. The molecule has 4 atom stereocenters. The van der Waals surface area contributed by atoms with Crippen LogP contribution in [0.4, 0.5) is 0 Å². The molecule has 3 heterocycles. The molecule has 3 amide bonds. The normalized spacial score (nSPS) is 17.7. The van der Waals surface area contributed by atoms with Crippen LogP contribution in [0.25, 0.3) is 0 Å². The van der Waals surface area contributed by atoms with Gasteiger partial charge in [-0.15, -0.1) is 0 Å². The number of carboxylic acids is 2. The van der Waals surface area contributed by atoms with Crippen LogP contribution in [0.2, 0.25) is 0 Å². The van der Waals surface area contributed by atoms with Gasteiger partial charge in [0.25, 0.3) is 0 Å². The van der Waals surface area contributed by atoms with Crippen molar-refractivity contribution in [3.63, 3.8) is 0 Å². The fraction of sp³-hybridized carbons (Fsp3) is 0.476. The number of nitrogens with two attached hydrogens (primary N) is 1. The van der Waals surface area contributed by atoms with Crippen molar-refractivity contribution in [2.75, 3.05) is 6.54 Å². The maximum atomic E-state index is 13.0. The first kappa shape index (κ1) is 26.3. The molecule has 36 heavy (non-hydrogen) atoms. The van der Waals surface area contributed by atoms with Gasteiger partial charge in [-0.1, -0.05) is 0 Å². The lowest BCUT2D eigenvalue weighted by Crippen LogP contribution is -2.57. The number of hydrogen-bond donors (Lipinski definition) is 7. The Morgan fingerprint density at radius 2 is 1.67 bits per heavy atom. The number of carbonyl (C=O) groups is 5. The van der Waals surface area contributed by atoms with E-state index in [2.05, 4.69) is 30.6 Å². The van der Waals surface area contributed by atoms with E-state index in [-0.39, 0.29) is 19.4 Å². The van der Waals surface area contributed by atoms with Crippen LogP contribution in [0.5, 0.6) is 0 Å². The molecule has 0 radical (unpaired) electrons. The minimum Gasteiger partial charge on any atom is -0.481 e. The van der Waals surface area contributed by atoms with Crippen LogP contribution in [0.3, 0.4) is 0 Å². The minimum atomic E-state index is -1.56. The summed E-state index contributed by atoms with van der Waals surface area (Å²) in [5, 5.41) is 23.3. The third-order valence-corrected chi connectivity index (χ3v) is 5.76. The first-order valence-corrected chi connectivity index (χ1v) is 11.2. The van der Waals surface area contributed by atoms with Crippen LogP contribution in [0, 0.1) is 0 Å². The number of aliphatic carboxylic acids is 2. The Kier molecular flexibility index (Phi) is 8.72. The molecule has 3 rings (SSSR count). The molecule has 0 aliphatic carbocycles. The fourth-order valence-electron chi connectivity index (χ4n) is 3.98. The molecule has 0 bridgehead atoms. The van der Waals surface area contributed by atoms with Gasteiger partial charge in [0.15, 0.2) is 0 Å². The number of H-pyrrole nitrogens is 2. The number of nitrogens with zero attached hydrogens (tertiary/aromatic N) is 3. The third kappa shape index (κ3) is 6.88. The van der Waals surface area contributed by atoms with E-state index in [9.17, 15) is 34.2 Å². The summed E-state index contributed by atoms with van der Waals surface area (Å²) in [5.74, 6) is -4.90. The summed E-state index contributed by atoms with van der Waals surface area (Å²) in [5.41, 5.74) is 7.12. The van der Waals surface area contributed by atoms with Gasteiger partial charge in [-0.05, 0) is 12.8 Å². The number of aromatic amines is 2. The average Bonchev–Trinajstić information content (AvgIpc) is 3.59. The van der Waals surface area contributed by atoms with E-state index in [1.165, 1.54) is 29.9 Å². The summed E-state index contributed by atoms with van der Waals surface area (Å²) < 4.78 is 0. The Balaban J connectivity index is 1.66. The number of carbonyl (C=O) groups excluding carboxylic acids is 3. The van der Waals surface area contributed by atoms with Crippen LogP contribution >= 0.6 is 0 Å². The molecule has 1 fully saturated rings. The van der Waals surface area contributed by atoms with Gasteiger partial charge in [-0.3, -0.25) is 19.2 Å². The molecule has 194 valence electrons. The zero-order chi connectivity index (χ0) is 26.2. The molecule has 2 aromatic heterocycles. The second kappa shape index (κ2) is 11.9. The molecule has 4 unspecified atom stereocenters. The molecular weight excluding hydrogens is 476 g/mol. The van der Waals surface area contributed by atoms with E-state index in [0.717, 1.165) is 0 Å². The first-order chi connectivity index (χ1) is 17.2. The summed E-state index contributed by atoms with van der Waals surface area (Å²) >= 11 is 0. The van der Waals surface area contributed by atoms with E-state index in [0.29, 0.717) is 24.2 Å². The van der Waals surface area contributed by atoms with Crippen molar-refractivity contribution in [1.29, 1.82) is 0 Å². The Labute approximate surface area is 204 Å². The maximum absolute atomic E-state index is 13.0. The average molecular weight is 505 g/mol. The van der Waals surface area contributed by atoms with E-state index < -0.39 is 60.2 Å². The number of rotatable bonds is 12. The highest BCUT2D eigenvalue weighted by Crippen LogP contribution is 2.19. The van der Waals surface area contributed by atoms with Gasteiger partial charge in [0, 0.05) is 43.2 Å². The van der Waals surface area contributed by atoms with Gasteiger partial charge in [0.05, 0.1) is 25.1 Å². The lowest BCUT2D eigenvalue weighted by molar-refractivity contribution is -0.144. The van der Waals surface area contributed by atoms with Gasteiger partial charge in [-0.2, -0.15) is 0 Å². The number of hydrogen-bond acceptors (Lipinski definition) is 8. The van der Waals surface area contributed by atoms with Crippen LogP contribution in [-0.4, -0.2) is 95.4 Å². The summed E-state index contributed by atoms with van der Waals surface area (Å²) in [6.07, 6.45) is 5.81. The van der Waals surface area contributed by atoms with Crippen molar-refractivity contribution in [3.8, 4) is 0 Å². The molecule has 1 saturated heterocycles. The Morgan fingerprint density at radius 3 is 2.22 bits per heavy atom. The van der Waals surface area contributed by atoms with Crippen molar-refractivity contribution in [1.82, 2.24) is 35.5 Å². The summed E-state index contributed by atoms with van der Waals surface area (Å²) in [4.78, 5) is 76.2. The summed E-state index contributed by atoms with van der Waals surface area (Å²) in [7, 11) is 0. The topological polar surface area (TPSA) is 236 Å². The lowest BCUT2D eigenvalue weighted by atomic mass is 10.1. The Bertz CT molecular complexity index is 1070. The molecule has 8 N–H and O–H groups in total. The second-order valence-corrected chi connectivity index (χ2v) is 8.42. The molecule has 1 aliphatic heterocycles. The zero-order valence-corrected chi connectivity index (χ0v) is 19.2. The minimum absolute atomic E-state index is 0.131. The molecule has 15 heteroatoms. The van der Waals surface area contributed by atoms with Crippen LogP contribution in [0.1, 0.15) is 30.7 Å². The molecule has 1 aliphatic rings. The highest BCUT2D eigenvalue weighted by Gasteiger charge is 2.38. The van der Waals surface area contributed by atoms with Crippen molar-refractivity contribution >= 4 is 29.7 Å². The molecule has 0 aromatic carbocycles. The SMILES string of the molecule is NC(Cc1cnc[nH]1)C(=O)N1CCCC1C(=O)NC(CC(=O)O)C(=O)NC(Cc1cnc[nH]1)C(=O)O. The Morgan fingerprint density at radius 1 is 1.03 bits per heavy atom. The molecular formula is C21H28N8O7. The largest absolute Gasteiger partial charge is 0.481 e. The highest BCUT2D eigenvalue weighted by molar-refractivity contribution is 5.95. The van der Waals surface area contributed by atoms with Crippen LogP contribution in [-0.2, 0) is 36.8 Å². The highest BCUT2D eigenvalue weighted by atomic mass is 16.4. The van der Waals surface area contributed by atoms with E-state index in [1.54, 1.807) is 0 Å². The fourth-order valence-corrected chi connectivity index (χ4v) is 3.98. The molecule has 0 saturated carbocycles. The van der Waals surface area contributed by atoms with Gasteiger partial charge in [0.2, 0.25) is 17.7 Å². The van der Waals surface area contributed by atoms with Crippen molar-refractivity contribution < 1.29 is 34.2 Å². The summed E-state index contributed by atoms with van der Waals surface area (Å²) in [6, 6.07) is -4.84. The van der Waals surface area contributed by atoms with Crippen molar-refractivity contribution in [2.24, 2.45) is 5.73 Å². The standard InChI is InChI=1S/C21H28N8O7/c22-13(4-11-7-23-9-25-11)20(34)29-3-1-2-16(29)19(33)27-14(6-17(30)31)18(32)28-15(21(35)36)5-12-8-24-10-26-12/h7-10,13-16H,1-6,22H2,(H,23,25)(H,24,26)(H,27,33)(H,28,32)(H,30,31)(H,35,36). The lowest BCUT2D eigenvalue weighted by Gasteiger charge is -2.28. The summed E-state index contributed by atoms with van der Waals surface area (Å²) in [6.45, 7) is 0.272. The third-order valence-electron chi connectivity index (χ3n) is 5.76. The molecule has 2 aromatic rings. The Hall–Kier alpha value is -4.27. The molecule has 0 spiro atoms. The van der Waals surface area contributed by atoms with Crippen LogP contribution in [0.15, 0.2) is 25.0 Å². The predicted molar refractivity (Wildman–Crippen MR) is 121 cm³/mol. The monoisotopic (exact) mass is 504 g/mol. The number of carboxylic acid groups (broad SMARTS) is 2. The first-order valence-electron chi connectivity index (χ1n) is 11.2. The number of amides is 3. The van der Waals surface area contributed by atoms with Gasteiger partial charge >= 0.3 is 11.9 Å². The predicted octanol–water partition coefficient (Wildman–Crippen LogP) is -2.23. The molecule has 15 nitrogen and oxygen atoms in total. The number of likely N-dealkylation sites (tertiary alicyclic amines) is 1. The van der Waals surface area contributed by atoms with E-state index >= 15 is 0 Å². The zero-order valence-electron chi connectivity index (χ0n) is 19.2. The second-order valence-electron chi connectivity index (χ2n) is 8.42. The van der Waals surface area contributed by atoms with Gasteiger partial charge in [0.1, 0.15) is 18.1 Å².